The van der Waals surface area contributed by atoms with E-state index in [0.717, 1.165) is 6.42 Å². The first-order valence-electron chi connectivity index (χ1n) is 4.40. The monoisotopic (exact) mass is 218 g/mol. The number of thioether (sulfide) groups is 1. The minimum Gasteiger partial charge on any atom is -0.338 e. The van der Waals surface area contributed by atoms with Crippen LogP contribution in [0.3, 0.4) is 0 Å². The van der Waals surface area contributed by atoms with Gasteiger partial charge in [0.15, 0.2) is 0 Å². The third kappa shape index (κ3) is 2.61. The van der Waals surface area contributed by atoms with Gasteiger partial charge in [-0.2, -0.15) is 16.7 Å². The van der Waals surface area contributed by atoms with E-state index in [1.54, 1.807) is 0 Å². The molecule has 0 spiro atoms. The van der Waals surface area contributed by atoms with Crippen molar-refractivity contribution in [3.8, 4) is 0 Å². The van der Waals surface area contributed by atoms with E-state index >= 15 is 0 Å². The first kappa shape index (κ1) is 9.34. The van der Waals surface area contributed by atoms with E-state index in [2.05, 4.69) is 10.1 Å². The largest absolute Gasteiger partial charge is 0.338 e. The molecule has 72 valence electrons. The molecule has 0 radical (unpaired) electrons. The van der Waals surface area contributed by atoms with Crippen molar-refractivity contribution in [1.29, 1.82) is 0 Å². The van der Waals surface area contributed by atoms with Crippen LogP contribution >= 0.6 is 23.4 Å². The van der Waals surface area contributed by atoms with Gasteiger partial charge < -0.3 is 4.52 Å². The maximum absolute atomic E-state index is 5.56. The second kappa shape index (κ2) is 4.33. The molecular weight excluding hydrogens is 208 g/mol. The maximum Gasteiger partial charge on any atom is 0.263 e. The van der Waals surface area contributed by atoms with E-state index in [-0.39, 0.29) is 5.28 Å². The molecule has 1 aromatic rings. The van der Waals surface area contributed by atoms with Crippen molar-refractivity contribution in [1.82, 2.24) is 10.1 Å². The van der Waals surface area contributed by atoms with Gasteiger partial charge in [0.2, 0.25) is 5.89 Å². The summed E-state index contributed by atoms with van der Waals surface area (Å²) < 4.78 is 4.97. The molecule has 13 heavy (non-hydrogen) atoms. The molecule has 1 fully saturated rings. The minimum atomic E-state index is 0.222. The third-order valence-corrected chi connectivity index (χ3v) is 3.45. The second-order valence-electron chi connectivity index (χ2n) is 3.22. The molecule has 0 saturated carbocycles. The summed E-state index contributed by atoms with van der Waals surface area (Å²) in [6.07, 6.45) is 3.40. The van der Waals surface area contributed by atoms with Crippen molar-refractivity contribution < 1.29 is 4.52 Å². The van der Waals surface area contributed by atoms with Gasteiger partial charge in [-0.15, -0.1) is 0 Å². The number of aromatic nitrogens is 2. The molecule has 1 aromatic heterocycles. The Balaban J connectivity index is 1.89. The maximum atomic E-state index is 5.56. The zero-order chi connectivity index (χ0) is 9.10. The van der Waals surface area contributed by atoms with Crippen molar-refractivity contribution in [3.05, 3.63) is 11.2 Å². The second-order valence-corrected chi connectivity index (χ2v) is 4.78. The van der Waals surface area contributed by atoms with Crippen LogP contribution in [-0.2, 0) is 6.42 Å². The molecular formula is C8H11ClN2OS. The number of rotatable bonds is 2. The molecule has 5 heteroatoms. The average Bonchev–Trinajstić information content (AvgIpc) is 2.53. The molecule has 0 amide bonds. The SMILES string of the molecule is Clc1noc(CC2CCSCC2)n1. The zero-order valence-corrected chi connectivity index (χ0v) is 8.77. The van der Waals surface area contributed by atoms with Gasteiger partial charge >= 0.3 is 0 Å². The molecule has 1 aliphatic rings. The van der Waals surface area contributed by atoms with Crippen LogP contribution in [0.4, 0.5) is 0 Å². The summed E-state index contributed by atoms with van der Waals surface area (Å²) in [6, 6.07) is 0. The predicted octanol–water partition coefficient (Wildman–Crippen LogP) is 2.41. The van der Waals surface area contributed by atoms with Crippen LogP contribution in [0, 0.1) is 5.92 Å². The molecule has 0 aromatic carbocycles. The van der Waals surface area contributed by atoms with E-state index in [1.807, 2.05) is 11.8 Å². The lowest BCUT2D eigenvalue weighted by atomic mass is 9.99. The van der Waals surface area contributed by atoms with Gasteiger partial charge in [-0.1, -0.05) is 0 Å². The van der Waals surface area contributed by atoms with Crippen molar-refractivity contribution >= 4 is 23.4 Å². The quantitative estimate of drug-likeness (QED) is 0.764. The van der Waals surface area contributed by atoms with Crippen molar-refractivity contribution in [2.24, 2.45) is 5.92 Å². The van der Waals surface area contributed by atoms with Gasteiger partial charge in [0.25, 0.3) is 5.28 Å². The summed E-state index contributed by atoms with van der Waals surface area (Å²) in [4.78, 5) is 3.99. The Labute approximate surface area is 86.2 Å². The smallest absolute Gasteiger partial charge is 0.263 e. The molecule has 1 saturated heterocycles. The Bertz CT molecular complexity index is 273. The number of hydrogen-bond donors (Lipinski definition) is 0. The fourth-order valence-electron chi connectivity index (χ4n) is 1.51. The van der Waals surface area contributed by atoms with E-state index in [9.17, 15) is 0 Å². The zero-order valence-electron chi connectivity index (χ0n) is 7.20. The van der Waals surface area contributed by atoms with E-state index in [4.69, 9.17) is 16.1 Å². The van der Waals surface area contributed by atoms with Crippen LogP contribution in [0.15, 0.2) is 4.52 Å². The Morgan fingerprint density at radius 3 is 2.85 bits per heavy atom. The Hall–Kier alpha value is -0.220. The van der Waals surface area contributed by atoms with Crippen LogP contribution in [-0.4, -0.2) is 21.6 Å². The predicted molar refractivity (Wildman–Crippen MR) is 53.1 cm³/mol. The van der Waals surface area contributed by atoms with E-state index < -0.39 is 0 Å². The molecule has 2 heterocycles. The normalized spacial score (nSPS) is 19.2. The Morgan fingerprint density at radius 2 is 2.23 bits per heavy atom. The highest BCUT2D eigenvalue weighted by Gasteiger charge is 2.17. The molecule has 3 nitrogen and oxygen atoms in total. The standard InChI is InChI=1S/C8H11ClN2OS/c9-8-10-7(12-11-8)5-6-1-3-13-4-2-6/h6H,1-5H2. The molecule has 0 unspecified atom stereocenters. The van der Waals surface area contributed by atoms with Gasteiger partial charge in [-0.3, -0.25) is 0 Å². The summed E-state index contributed by atoms with van der Waals surface area (Å²) >= 11 is 7.58. The number of hydrogen-bond acceptors (Lipinski definition) is 4. The fourth-order valence-corrected chi connectivity index (χ4v) is 2.85. The van der Waals surface area contributed by atoms with Gasteiger partial charge in [0.1, 0.15) is 0 Å². The lowest BCUT2D eigenvalue weighted by Gasteiger charge is -2.19. The molecule has 2 rings (SSSR count). The average molecular weight is 219 g/mol. The molecule has 0 N–H and O–H groups in total. The summed E-state index contributed by atoms with van der Waals surface area (Å²) in [5.41, 5.74) is 0. The number of halogens is 1. The summed E-state index contributed by atoms with van der Waals surface area (Å²) in [7, 11) is 0. The van der Waals surface area contributed by atoms with Gasteiger partial charge in [-0.25, -0.2) is 0 Å². The van der Waals surface area contributed by atoms with Crippen molar-refractivity contribution in [2.45, 2.75) is 19.3 Å². The first-order valence-corrected chi connectivity index (χ1v) is 5.93. The first-order chi connectivity index (χ1) is 6.34. The van der Waals surface area contributed by atoms with E-state index in [0.29, 0.717) is 11.8 Å². The highest BCUT2D eigenvalue weighted by atomic mass is 35.5. The Kier molecular flexibility index (Phi) is 3.11. The van der Waals surface area contributed by atoms with Gasteiger partial charge in [-0.05, 0) is 47.0 Å². The summed E-state index contributed by atoms with van der Waals surface area (Å²) in [5.74, 6) is 3.90. The lowest BCUT2D eigenvalue weighted by Crippen LogP contribution is -2.12. The van der Waals surface area contributed by atoms with Crippen LogP contribution in [0.1, 0.15) is 18.7 Å². The molecule has 0 bridgehead atoms. The van der Waals surface area contributed by atoms with Crippen LogP contribution in [0.5, 0.6) is 0 Å². The topological polar surface area (TPSA) is 38.9 Å². The number of nitrogens with zero attached hydrogens (tertiary/aromatic N) is 2. The van der Waals surface area contributed by atoms with Crippen LogP contribution < -0.4 is 0 Å². The van der Waals surface area contributed by atoms with Crippen molar-refractivity contribution in [2.75, 3.05) is 11.5 Å². The lowest BCUT2D eigenvalue weighted by molar-refractivity contribution is 0.344. The van der Waals surface area contributed by atoms with Crippen molar-refractivity contribution in [3.63, 3.8) is 0 Å². The highest BCUT2D eigenvalue weighted by molar-refractivity contribution is 7.99. The van der Waals surface area contributed by atoms with E-state index in [1.165, 1.54) is 24.3 Å². The third-order valence-electron chi connectivity index (χ3n) is 2.25. The molecule has 0 atom stereocenters. The fraction of sp³-hybridized carbons (Fsp3) is 0.750. The minimum absolute atomic E-state index is 0.222. The van der Waals surface area contributed by atoms with Crippen LogP contribution in [0.2, 0.25) is 5.28 Å². The van der Waals surface area contributed by atoms with Crippen LogP contribution in [0.25, 0.3) is 0 Å². The Morgan fingerprint density at radius 1 is 1.46 bits per heavy atom. The molecule has 1 aliphatic heterocycles. The van der Waals surface area contributed by atoms with Gasteiger partial charge in [0, 0.05) is 6.42 Å². The summed E-state index contributed by atoms with van der Waals surface area (Å²) in [6.45, 7) is 0. The highest BCUT2D eigenvalue weighted by Crippen LogP contribution is 2.25. The molecule has 0 aliphatic carbocycles. The summed E-state index contributed by atoms with van der Waals surface area (Å²) in [5, 5.41) is 3.78. The van der Waals surface area contributed by atoms with Gasteiger partial charge in [0.05, 0.1) is 0 Å².